The van der Waals surface area contributed by atoms with E-state index in [4.69, 9.17) is 5.11 Å². The van der Waals surface area contributed by atoms with Crippen molar-refractivity contribution in [2.45, 2.75) is 24.9 Å². The van der Waals surface area contributed by atoms with Crippen LogP contribution < -0.4 is 10.9 Å². The van der Waals surface area contributed by atoms with Crippen molar-refractivity contribution in [1.29, 1.82) is 0 Å². The van der Waals surface area contributed by atoms with Gasteiger partial charge in [-0.3, -0.25) is 4.79 Å². The Hall–Kier alpha value is -1.13. The van der Waals surface area contributed by atoms with E-state index in [2.05, 4.69) is 5.32 Å². The molecule has 1 aromatic rings. The molecular formula is C11H16N2O2. The molecular weight excluding hydrogens is 192 g/mol. The van der Waals surface area contributed by atoms with Gasteiger partial charge in [-0.25, -0.2) is 0 Å². The molecule has 0 aliphatic heterocycles. The Morgan fingerprint density at radius 2 is 2.27 bits per heavy atom. The zero-order valence-electron chi connectivity index (χ0n) is 8.65. The lowest BCUT2D eigenvalue weighted by molar-refractivity contribution is 0.229. The minimum atomic E-state index is -0.0433. The fourth-order valence-electron chi connectivity index (χ4n) is 1.63. The molecule has 2 rings (SSSR count). The quantitative estimate of drug-likeness (QED) is 0.714. The molecule has 15 heavy (non-hydrogen) atoms. The maximum absolute atomic E-state index is 11.3. The van der Waals surface area contributed by atoms with Crippen LogP contribution in [0.4, 0.5) is 0 Å². The van der Waals surface area contributed by atoms with E-state index >= 15 is 0 Å². The normalized spacial score (nSPS) is 17.7. The highest BCUT2D eigenvalue weighted by atomic mass is 16.3. The summed E-state index contributed by atoms with van der Waals surface area (Å²) in [6.45, 7) is 1.57. The van der Waals surface area contributed by atoms with Gasteiger partial charge in [0.1, 0.15) is 0 Å². The van der Waals surface area contributed by atoms with Crippen LogP contribution in [0.5, 0.6) is 0 Å². The van der Waals surface area contributed by atoms with Crippen molar-refractivity contribution in [3.05, 3.63) is 34.7 Å². The summed E-state index contributed by atoms with van der Waals surface area (Å²) in [4.78, 5) is 11.3. The Bertz CT molecular complexity index is 382. The predicted octanol–water partition coefficient (Wildman–Crippen LogP) is -0.0372. The lowest BCUT2D eigenvalue weighted by atomic mass is 10.3. The van der Waals surface area contributed by atoms with E-state index in [1.165, 1.54) is 0 Å². The number of hydrogen-bond donors (Lipinski definition) is 2. The number of nitrogens with one attached hydrogen (secondary N) is 1. The molecule has 1 aliphatic carbocycles. The number of aliphatic hydroxyl groups is 1. The number of hydrogen-bond acceptors (Lipinski definition) is 3. The van der Waals surface area contributed by atoms with Crippen molar-refractivity contribution in [3.8, 4) is 0 Å². The molecule has 0 unspecified atom stereocenters. The van der Waals surface area contributed by atoms with Crippen LogP contribution in [0.2, 0.25) is 0 Å². The molecule has 0 amide bonds. The summed E-state index contributed by atoms with van der Waals surface area (Å²) in [5.41, 5.74) is -0.0218. The van der Waals surface area contributed by atoms with Crippen LogP contribution in [0.1, 0.15) is 12.8 Å². The Morgan fingerprint density at radius 1 is 1.47 bits per heavy atom. The van der Waals surface area contributed by atoms with Crippen molar-refractivity contribution in [2.24, 2.45) is 0 Å². The Labute approximate surface area is 88.6 Å². The Balaban J connectivity index is 1.84. The van der Waals surface area contributed by atoms with Gasteiger partial charge in [-0.05, 0) is 18.9 Å². The second kappa shape index (κ2) is 4.16. The van der Waals surface area contributed by atoms with E-state index in [0.29, 0.717) is 6.54 Å². The van der Waals surface area contributed by atoms with Crippen molar-refractivity contribution in [3.63, 3.8) is 0 Å². The van der Waals surface area contributed by atoms with Crippen LogP contribution in [0.15, 0.2) is 29.2 Å². The van der Waals surface area contributed by atoms with Gasteiger partial charge >= 0.3 is 0 Å². The summed E-state index contributed by atoms with van der Waals surface area (Å²) in [7, 11) is 0. The zero-order chi connectivity index (χ0) is 10.7. The highest BCUT2D eigenvalue weighted by Gasteiger charge is 2.41. The highest BCUT2D eigenvalue weighted by molar-refractivity contribution is 5.01. The number of rotatable bonds is 5. The number of aromatic nitrogens is 1. The molecule has 4 nitrogen and oxygen atoms in total. The van der Waals surface area contributed by atoms with Gasteiger partial charge in [-0.1, -0.05) is 6.07 Å². The monoisotopic (exact) mass is 208 g/mol. The number of nitrogens with zero attached hydrogens (tertiary/aromatic N) is 1. The molecule has 1 heterocycles. The van der Waals surface area contributed by atoms with Crippen molar-refractivity contribution in [1.82, 2.24) is 9.88 Å². The van der Waals surface area contributed by atoms with E-state index in [1.54, 1.807) is 22.9 Å². The average molecular weight is 208 g/mol. The van der Waals surface area contributed by atoms with Crippen LogP contribution in [0.3, 0.4) is 0 Å². The zero-order valence-corrected chi connectivity index (χ0v) is 8.65. The minimum absolute atomic E-state index is 0.0214. The molecule has 0 saturated heterocycles. The molecule has 0 atom stereocenters. The first-order valence-corrected chi connectivity index (χ1v) is 5.27. The molecule has 1 saturated carbocycles. The van der Waals surface area contributed by atoms with Gasteiger partial charge < -0.3 is 15.0 Å². The van der Waals surface area contributed by atoms with Gasteiger partial charge in [0, 0.05) is 30.9 Å². The van der Waals surface area contributed by atoms with E-state index in [1.807, 2.05) is 6.07 Å². The summed E-state index contributed by atoms with van der Waals surface area (Å²) in [6, 6.07) is 5.14. The summed E-state index contributed by atoms with van der Waals surface area (Å²) in [6.07, 6.45) is 3.85. The average Bonchev–Trinajstić information content (AvgIpc) is 3.02. The molecule has 1 aromatic heterocycles. The van der Waals surface area contributed by atoms with E-state index < -0.39 is 0 Å². The minimum Gasteiger partial charge on any atom is -0.394 e. The van der Waals surface area contributed by atoms with Crippen LogP contribution in [-0.4, -0.2) is 28.4 Å². The van der Waals surface area contributed by atoms with Gasteiger partial charge in [-0.15, -0.1) is 0 Å². The summed E-state index contributed by atoms with van der Waals surface area (Å²) in [5.74, 6) is 0. The number of aliphatic hydroxyl groups excluding tert-OH is 1. The van der Waals surface area contributed by atoms with E-state index in [-0.39, 0.29) is 17.7 Å². The van der Waals surface area contributed by atoms with Crippen molar-refractivity contribution >= 4 is 0 Å². The van der Waals surface area contributed by atoms with Gasteiger partial charge in [0.25, 0.3) is 5.56 Å². The van der Waals surface area contributed by atoms with Crippen LogP contribution in [0.25, 0.3) is 0 Å². The van der Waals surface area contributed by atoms with Crippen molar-refractivity contribution in [2.75, 3.05) is 13.2 Å². The second-order valence-electron chi connectivity index (χ2n) is 4.10. The summed E-state index contributed by atoms with van der Waals surface area (Å²) >= 11 is 0. The predicted molar refractivity (Wildman–Crippen MR) is 57.8 cm³/mol. The smallest absolute Gasteiger partial charge is 0.250 e. The maximum Gasteiger partial charge on any atom is 0.250 e. The van der Waals surface area contributed by atoms with Crippen LogP contribution in [0, 0.1) is 0 Å². The lowest BCUT2D eigenvalue weighted by Gasteiger charge is -2.14. The number of pyridine rings is 1. The molecule has 1 aliphatic rings. The SMILES string of the molecule is O=c1ccccn1CCNC1(CO)CC1. The van der Waals surface area contributed by atoms with Crippen molar-refractivity contribution < 1.29 is 5.11 Å². The van der Waals surface area contributed by atoms with E-state index in [0.717, 1.165) is 19.4 Å². The first-order chi connectivity index (χ1) is 7.26. The standard InChI is InChI=1S/C11H16N2O2/c14-9-11(4-5-11)12-6-8-13-7-2-1-3-10(13)15/h1-3,7,12,14H,4-6,8-9H2. The lowest BCUT2D eigenvalue weighted by Crippen LogP contribution is -2.38. The second-order valence-corrected chi connectivity index (χ2v) is 4.10. The first-order valence-electron chi connectivity index (χ1n) is 5.27. The van der Waals surface area contributed by atoms with E-state index in [9.17, 15) is 4.79 Å². The Kier molecular flexibility index (Phi) is 2.88. The third-order valence-electron chi connectivity index (χ3n) is 2.91. The molecule has 2 N–H and O–H groups in total. The van der Waals surface area contributed by atoms with Gasteiger partial charge in [0.15, 0.2) is 0 Å². The molecule has 0 aromatic carbocycles. The summed E-state index contributed by atoms with van der Waals surface area (Å²) < 4.78 is 1.67. The fourth-order valence-corrected chi connectivity index (χ4v) is 1.63. The van der Waals surface area contributed by atoms with Crippen LogP contribution in [-0.2, 0) is 6.54 Å². The highest BCUT2D eigenvalue weighted by Crippen LogP contribution is 2.34. The Morgan fingerprint density at radius 3 is 2.87 bits per heavy atom. The fraction of sp³-hybridized carbons (Fsp3) is 0.545. The third-order valence-corrected chi connectivity index (χ3v) is 2.91. The van der Waals surface area contributed by atoms with Gasteiger partial charge in [0.2, 0.25) is 0 Å². The molecule has 0 spiro atoms. The molecule has 0 radical (unpaired) electrons. The topological polar surface area (TPSA) is 54.3 Å². The van der Waals surface area contributed by atoms with Crippen LogP contribution >= 0.6 is 0 Å². The largest absolute Gasteiger partial charge is 0.394 e. The molecule has 1 fully saturated rings. The molecule has 0 bridgehead atoms. The van der Waals surface area contributed by atoms with Gasteiger partial charge in [0.05, 0.1) is 6.61 Å². The molecule has 4 heteroatoms. The maximum atomic E-state index is 11.3. The summed E-state index contributed by atoms with van der Waals surface area (Å²) in [5, 5.41) is 12.4. The third kappa shape index (κ3) is 2.46. The first kappa shape index (κ1) is 10.4. The van der Waals surface area contributed by atoms with Gasteiger partial charge in [-0.2, -0.15) is 0 Å². The molecule has 82 valence electrons.